The van der Waals surface area contributed by atoms with Crippen molar-refractivity contribution in [2.45, 2.75) is 11.8 Å². The SMILES string of the molecule is Cc1ccc(S(C)(=O)=O)cc1C(=O)NNC(=O)c1cc(-c2ccccc2Cl)nc2ccccc12. The number of halogens is 1. The van der Waals surface area contributed by atoms with Crippen molar-refractivity contribution in [2.75, 3.05) is 6.26 Å². The van der Waals surface area contributed by atoms with Crippen LogP contribution in [0.4, 0.5) is 0 Å². The lowest BCUT2D eigenvalue weighted by atomic mass is 10.0. The van der Waals surface area contributed by atoms with Gasteiger partial charge in [0.05, 0.1) is 21.7 Å². The van der Waals surface area contributed by atoms with E-state index in [1.165, 1.54) is 12.1 Å². The van der Waals surface area contributed by atoms with Crippen molar-refractivity contribution >= 4 is 44.2 Å². The van der Waals surface area contributed by atoms with E-state index in [9.17, 15) is 18.0 Å². The van der Waals surface area contributed by atoms with E-state index in [0.29, 0.717) is 38.3 Å². The van der Waals surface area contributed by atoms with Gasteiger partial charge in [0.2, 0.25) is 0 Å². The summed E-state index contributed by atoms with van der Waals surface area (Å²) in [5, 5.41) is 1.09. The van der Waals surface area contributed by atoms with Crippen molar-refractivity contribution in [3.8, 4) is 11.3 Å². The van der Waals surface area contributed by atoms with E-state index in [0.717, 1.165) is 6.26 Å². The summed E-state index contributed by atoms with van der Waals surface area (Å²) in [7, 11) is -3.49. The van der Waals surface area contributed by atoms with E-state index in [2.05, 4.69) is 15.8 Å². The minimum atomic E-state index is -3.49. The van der Waals surface area contributed by atoms with Crippen LogP contribution < -0.4 is 10.9 Å². The van der Waals surface area contributed by atoms with Gasteiger partial charge in [-0.2, -0.15) is 0 Å². The van der Waals surface area contributed by atoms with Crippen molar-refractivity contribution in [1.82, 2.24) is 15.8 Å². The maximum atomic E-state index is 13.1. The Kier molecular flexibility index (Phi) is 6.37. The number of nitrogens with zero attached hydrogens (tertiary/aromatic N) is 1. The number of nitrogens with one attached hydrogen (secondary N) is 2. The van der Waals surface area contributed by atoms with Gasteiger partial charge in [-0.05, 0) is 42.8 Å². The molecular formula is C25H20ClN3O4S. The molecule has 0 unspecified atom stereocenters. The molecule has 0 fully saturated rings. The molecule has 7 nitrogen and oxygen atoms in total. The molecule has 2 amide bonds. The third-order valence-electron chi connectivity index (χ3n) is 5.28. The number of pyridine rings is 1. The molecule has 0 saturated carbocycles. The molecule has 9 heteroatoms. The molecule has 3 aromatic carbocycles. The summed E-state index contributed by atoms with van der Waals surface area (Å²) in [6.07, 6.45) is 1.06. The zero-order valence-electron chi connectivity index (χ0n) is 18.3. The molecule has 0 bridgehead atoms. The minimum Gasteiger partial charge on any atom is -0.267 e. The van der Waals surface area contributed by atoms with Crippen LogP contribution >= 0.6 is 11.6 Å². The summed E-state index contributed by atoms with van der Waals surface area (Å²) < 4.78 is 23.7. The van der Waals surface area contributed by atoms with Gasteiger partial charge >= 0.3 is 0 Å². The molecule has 1 aromatic heterocycles. The number of benzene rings is 3. The molecule has 0 atom stereocenters. The molecule has 4 aromatic rings. The van der Waals surface area contributed by atoms with Crippen LogP contribution in [0.25, 0.3) is 22.2 Å². The first-order chi connectivity index (χ1) is 16.1. The van der Waals surface area contributed by atoms with Gasteiger partial charge in [-0.1, -0.05) is 54.1 Å². The van der Waals surface area contributed by atoms with Crippen molar-refractivity contribution < 1.29 is 18.0 Å². The van der Waals surface area contributed by atoms with Gasteiger partial charge in [0.25, 0.3) is 11.8 Å². The monoisotopic (exact) mass is 493 g/mol. The molecule has 0 spiro atoms. The van der Waals surface area contributed by atoms with Gasteiger partial charge in [0, 0.05) is 27.8 Å². The number of fused-ring (bicyclic) bond motifs is 1. The highest BCUT2D eigenvalue weighted by Crippen LogP contribution is 2.29. The molecule has 0 aliphatic heterocycles. The van der Waals surface area contributed by atoms with Gasteiger partial charge in [-0.3, -0.25) is 20.4 Å². The molecule has 0 aliphatic carbocycles. The Morgan fingerprint density at radius 1 is 0.853 bits per heavy atom. The third-order valence-corrected chi connectivity index (χ3v) is 6.72. The number of carbonyl (C=O) groups excluding carboxylic acids is 2. The number of para-hydroxylation sites is 1. The normalized spacial score (nSPS) is 11.3. The van der Waals surface area contributed by atoms with Crippen molar-refractivity contribution in [2.24, 2.45) is 0 Å². The van der Waals surface area contributed by atoms with E-state index in [-0.39, 0.29) is 10.5 Å². The lowest BCUT2D eigenvalue weighted by Gasteiger charge is -2.13. The lowest BCUT2D eigenvalue weighted by molar-refractivity contribution is 0.0847. The zero-order valence-corrected chi connectivity index (χ0v) is 19.9. The summed E-state index contributed by atoms with van der Waals surface area (Å²) in [5.41, 5.74) is 7.56. The first-order valence-corrected chi connectivity index (χ1v) is 12.5. The Bertz CT molecular complexity index is 1550. The van der Waals surface area contributed by atoms with Crippen LogP contribution in [0.2, 0.25) is 5.02 Å². The molecule has 0 radical (unpaired) electrons. The third kappa shape index (κ3) is 4.78. The molecule has 172 valence electrons. The Balaban J connectivity index is 1.65. The molecule has 4 rings (SSSR count). The van der Waals surface area contributed by atoms with Crippen LogP contribution in [-0.4, -0.2) is 31.5 Å². The van der Waals surface area contributed by atoms with E-state index >= 15 is 0 Å². The number of sulfone groups is 1. The van der Waals surface area contributed by atoms with Crippen LogP contribution in [0.15, 0.2) is 77.7 Å². The van der Waals surface area contributed by atoms with Gasteiger partial charge in [-0.25, -0.2) is 13.4 Å². The van der Waals surface area contributed by atoms with E-state index in [1.807, 2.05) is 12.1 Å². The number of aromatic nitrogens is 1. The average Bonchev–Trinajstić information content (AvgIpc) is 2.81. The van der Waals surface area contributed by atoms with Gasteiger partial charge in [0.15, 0.2) is 9.84 Å². The van der Waals surface area contributed by atoms with Crippen molar-refractivity contribution in [3.05, 3.63) is 94.5 Å². The summed E-state index contributed by atoms with van der Waals surface area (Å²) in [4.78, 5) is 30.5. The quantitative estimate of drug-likeness (QED) is 0.411. The minimum absolute atomic E-state index is 0.0130. The van der Waals surface area contributed by atoms with Crippen LogP contribution in [0.5, 0.6) is 0 Å². The molecule has 2 N–H and O–H groups in total. The van der Waals surface area contributed by atoms with Gasteiger partial charge in [0.1, 0.15) is 0 Å². The first kappa shape index (κ1) is 23.4. The Labute approximate surface area is 201 Å². The number of hydrogen-bond donors (Lipinski definition) is 2. The van der Waals surface area contributed by atoms with Crippen molar-refractivity contribution in [1.29, 1.82) is 0 Å². The van der Waals surface area contributed by atoms with Crippen LogP contribution in [0, 0.1) is 6.92 Å². The zero-order chi connectivity index (χ0) is 24.5. The first-order valence-electron chi connectivity index (χ1n) is 10.2. The second-order valence-electron chi connectivity index (χ2n) is 7.71. The number of hydrazine groups is 1. The fraction of sp³-hybridized carbons (Fsp3) is 0.0800. The van der Waals surface area contributed by atoms with E-state index in [1.54, 1.807) is 55.5 Å². The second kappa shape index (κ2) is 9.24. The molecule has 1 heterocycles. The predicted octanol–water partition coefficient (Wildman–Crippen LogP) is 4.34. The molecular weight excluding hydrogens is 474 g/mol. The number of amides is 2. The summed E-state index contributed by atoms with van der Waals surface area (Å²) >= 11 is 6.33. The Morgan fingerprint density at radius 3 is 2.21 bits per heavy atom. The summed E-state index contributed by atoms with van der Waals surface area (Å²) in [6.45, 7) is 1.68. The maximum absolute atomic E-state index is 13.1. The highest BCUT2D eigenvalue weighted by Gasteiger charge is 2.18. The smallest absolute Gasteiger partial charge is 0.267 e. The van der Waals surface area contributed by atoms with Crippen molar-refractivity contribution in [3.63, 3.8) is 0 Å². The van der Waals surface area contributed by atoms with E-state index in [4.69, 9.17) is 11.6 Å². The predicted molar refractivity (Wildman–Crippen MR) is 131 cm³/mol. The molecule has 0 saturated heterocycles. The van der Waals surface area contributed by atoms with Gasteiger partial charge < -0.3 is 0 Å². The summed E-state index contributed by atoms with van der Waals surface area (Å²) in [5.74, 6) is -1.20. The highest BCUT2D eigenvalue weighted by molar-refractivity contribution is 7.90. The average molecular weight is 494 g/mol. The number of rotatable bonds is 4. The Morgan fingerprint density at radius 2 is 1.50 bits per heavy atom. The fourth-order valence-corrected chi connectivity index (χ4v) is 4.37. The summed E-state index contributed by atoms with van der Waals surface area (Å²) in [6, 6.07) is 20.2. The highest BCUT2D eigenvalue weighted by atomic mass is 35.5. The lowest BCUT2D eigenvalue weighted by Crippen LogP contribution is -2.42. The van der Waals surface area contributed by atoms with Gasteiger partial charge in [-0.15, -0.1) is 0 Å². The topological polar surface area (TPSA) is 105 Å². The number of carbonyl (C=O) groups is 2. The molecule has 0 aliphatic rings. The number of aryl methyl sites for hydroxylation is 1. The maximum Gasteiger partial charge on any atom is 0.270 e. The standard InChI is InChI=1S/C25H20ClN3O4S/c1-15-11-12-16(34(2,32)33)13-19(15)24(30)28-29-25(31)20-14-23(18-8-3-5-9-21(18)26)27-22-10-6-4-7-17(20)22/h3-14H,1-2H3,(H,28,30)(H,29,31). The van der Waals surface area contributed by atoms with Crippen LogP contribution in [0.1, 0.15) is 26.3 Å². The number of hydrogen-bond acceptors (Lipinski definition) is 5. The van der Waals surface area contributed by atoms with E-state index < -0.39 is 21.7 Å². The largest absolute Gasteiger partial charge is 0.270 e. The van der Waals surface area contributed by atoms with Crippen LogP contribution in [0.3, 0.4) is 0 Å². The fourth-order valence-electron chi connectivity index (χ4n) is 3.49. The molecule has 34 heavy (non-hydrogen) atoms. The van der Waals surface area contributed by atoms with Crippen LogP contribution in [-0.2, 0) is 9.84 Å². The second-order valence-corrected chi connectivity index (χ2v) is 10.1. The Hall–Kier alpha value is -3.75.